The number of hydrogen-bond donors (Lipinski definition) is 1. The number of hydrogen-bond acceptors (Lipinski definition) is 3. The van der Waals surface area contributed by atoms with Crippen LogP contribution >= 0.6 is 0 Å². The van der Waals surface area contributed by atoms with E-state index >= 15 is 0 Å². The Balaban J connectivity index is 2.18. The summed E-state index contributed by atoms with van der Waals surface area (Å²) in [5.74, 6) is 0. The van der Waals surface area contributed by atoms with Crippen LogP contribution in [-0.2, 0) is 7.05 Å². The van der Waals surface area contributed by atoms with Crippen LogP contribution in [0.1, 0.15) is 17.3 Å². The number of imidazole rings is 1. The van der Waals surface area contributed by atoms with Crippen molar-refractivity contribution in [2.75, 3.05) is 0 Å². The first-order valence-corrected chi connectivity index (χ1v) is 5.82. The summed E-state index contributed by atoms with van der Waals surface area (Å²) in [6, 6.07) is 7.92. The molecule has 0 aliphatic rings. The number of rotatable bonds is 2. The van der Waals surface area contributed by atoms with Crippen LogP contribution < -0.4 is 5.73 Å². The predicted molar refractivity (Wildman–Crippen MR) is 71.0 cm³/mol. The van der Waals surface area contributed by atoms with Gasteiger partial charge in [0.15, 0.2) is 0 Å². The molecule has 18 heavy (non-hydrogen) atoms. The Hall–Kier alpha value is -2.20. The highest BCUT2D eigenvalue weighted by atomic mass is 15.0. The smallest absolute Gasteiger partial charge is 0.0946 e. The van der Waals surface area contributed by atoms with Crippen molar-refractivity contribution >= 4 is 10.8 Å². The zero-order valence-corrected chi connectivity index (χ0v) is 10.1. The SMILES string of the molecule is Cn1cncc1C(N)c1cncc2ccccc12. The molecule has 3 rings (SSSR count). The molecule has 0 amide bonds. The Morgan fingerprint density at radius 1 is 1.11 bits per heavy atom. The van der Waals surface area contributed by atoms with Crippen molar-refractivity contribution in [3.8, 4) is 0 Å². The van der Waals surface area contributed by atoms with Crippen LogP contribution in [0.15, 0.2) is 49.2 Å². The zero-order chi connectivity index (χ0) is 12.5. The number of nitrogens with zero attached hydrogens (tertiary/aromatic N) is 3. The Kier molecular flexibility index (Phi) is 2.57. The van der Waals surface area contributed by atoms with Gasteiger partial charge in [-0.15, -0.1) is 0 Å². The van der Waals surface area contributed by atoms with E-state index in [-0.39, 0.29) is 6.04 Å². The maximum atomic E-state index is 6.33. The average molecular weight is 238 g/mol. The lowest BCUT2D eigenvalue weighted by molar-refractivity contribution is 0.748. The minimum Gasteiger partial charge on any atom is -0.336 e. The molecule has 0 radical (unpaired) electrons. The Morgan fingerprint density at radius 2 is 1.94 bits per heavy atom. The van der Waals surface area contributed by atoms with E-state index in [0.717, 1.165) is 22.0 Å². The van der Waals surface area contributed by atoms with Gasteiger partial charge >= 0.3 is 0 Å². The molecule has 90 valence electrons. The van der Waals surface area contributed by atoms with Gasteiger partial charge in [0.05, 0.1) is 24.3 Å². The van der Waals surface area contributed by atoms with Gasteiger partial charge in [0, 0.05) is 30.4 Å². The molecule has 0 aliphatic carbocycles. The van der Waals surface area contributed by atoms with E-state index in [0.29, 0.717) is 0 Å². The van der Waals surface area contributed by atoms with Gasteiger partial charge in [-0.3, -0.25) is 4.98 Å². The minimum atomic E-state index is -0.212. The first-order valence-electron chi connectivity index (χ1n) is 5.82. The van der Waals surface area contributed by atoms with Crippen LogP contribution in [0.3, 0.4) is 0 Å². The molecule has 0 aliphatic heterocycles. The Labute approximate surface area is 105 Å². The predicted octanol–water partition coefficient (Wildman–Crippen LogP) is 2.02. The maximum Gasteiger partial charge on any atom is 0.0946 e. The highest BCUT2D eigenvalue weighted by Gasteiger charge is 2.15. The summed E-state index contributed by atoms with van der Waals surface area (Å²) in [4.78, 5) is 8.37. The van der Waals surface area contributed by atoms with Crippen LogP contribution in [-0.4, -0.2) is 14.5 Å². The van der Waals surface area contributed by atoms with Crippen molar-refractivity contribution in [3.63, 3.8) is 0 Å². The molecule has 2 N–H and O–H groups in total. The summed E-state index contributed by atoms with van der Waals surface area (Å²) in [7, 11) is 1.95. The molecule has 0 saturated carbocycles. The van der Waals surface area contributed by atoms with Gasteiger partial charge in [0.1, 0.15) is 0 Å². The Morgan fingerprint density at radius 3 is 2.72 bits per heavy atom. The van der Waals surface area contributed by atoms with E-state index in [2.05, 4.69) is 16.0 Å². The van der Waals surface area contributed by atoms with Crippen LogP contribution in [0.2, 0.25) is 0 Å². The molecule has 2 heterocycles. The van der Waals surface area contributed by atoms with E-state index in [1.54, 1.807) is 12.5 Å². The van der Waals surface area contributed by atoms with E-state index in [4.69, 9.17) is 5.73 Å². The fourth-order valence-corrected chi connectivity index (χ4v) is 2.21. The largest absolute Gasteiger partial charge is 0.336 e. The van der Waals surface area contributed by atoms with E-state index in [1.165, 1.54) is 0 Å². The molecule has 4 heteroatoms. The topological polar surface area (TPSA) is 56.7 Å². The fraction of sp³-hybridized carbons (Fsp3) is 0.143. The molecule has 1 aromatic carbocycles. The number of fused-ring (bicyclic) bond motifs is 1. The molecule has 1 atom stereocenters. The summed E-state index contributed by atoms with van der Waals surface area (Å²) >= 11 is 0. The minimum absolute atomic E-state index is 0.212. The van der Waals surface area contributed by atoms with Crippen LogP contribution in [0.4, 0.5) is 0 Å². The monoisotopic (exact) mass is 238 g/mol. The first-order chi connectivity index (χ1) is 8.77. The van der Waals surface area contributed by atoms with Crippen molar-refractivity contribution in [1.82, 2.24) is 14.5 Å². The van der Waals surface area contributed by atoms with Crippen molar-refractivity contribution in [2.24, 2.45) is 12.8 Å². The van der Waals surface area contributed by atoms with Gasteiger partial charge in [-0.05, 0) is 5.39 Å². The fourth-order valence-electron chi connectivity index (χ4n) is 2.21. The molecule has 3 aromatic rings. The van der Waals surface area contributed by atoms with Crippen LogP contribution in [0, 0.1) is 0 Å². The van der Waals surface area contributed by atoms with Gasteiger partial charge in [-0.1, -0.05) is 24.3 Å². The van der Waals surface area contributed by atoms with Gasteiger partial charge in [0.2, 0.25) is 0 Å². The second-order valence-electron chi connectivity index (χ2n) is 4.36. The normalized spacial score (nSPS) is 12.8. The van der Waals surface area contributed by atoms with Crippen LogP contribution in [0.25, 0.3) is 10.8 Å². The molecular formula is C14H14N4. The number of benzene rings is 1. The van der Waals surface area contributed by atoms with E-state index < -0.39 is 0 Å². The second kappa shape index (κ2) is 4.23. The lowest BCUT2D eigenvalue weighted by atomic mass is 10.0. The number of aryl methyl sites for hydroxylation is 1. The highest BCUT2D eigenvalue weighted by molar-refractivity contribution is 5.85. The van der Waals surface area contributed by atoms with Gasteiger partial charge in [-0.25, -0.2) is 4.98 Å². The van der Waals surface area contributed by atoms with Gasteiger partial charge < -0.3 is 10.3 Å². The molecular weight excluding hydrogens is 224 g/mol. The Bertz CT molecular complexity index is 682. The van der Waals surface area contributed by atoms with Crippen molar-refractivity contribution in [1.29, 1.82) is 0 Å². The van der Waals surface area contributed by atoms with Crippen molar-refractivity contribution in [3.05, 3.63) is 60.4 Å². The lowest BCUT2D eigenvalue weighted by Crippen LogP contribution is -2.15. The summed E-state index contributed by atoms with van der Waals surface area (Å²) < 4.78 is 1.94. The summed E-state index contributed by atoms with van der Waals surface area (Å²) in [6.07, 6.45) is 7.25. The molecule has 2 aromatic heterocycles. The number of nitrogens with two attached hydrogens (primary N) is 1. The number of aromatic nitrogens is 3. The van der Waals surface area contributed by atoms with Crippen molar-refractivity contribution in [2.45, 2.75) is 6.04 Å². The third kappa shape index (κ3) is 1.67. The van der Waals surface area contributed by atoms with E-state index in [1.807, 2.05) is 42.2 Å². The molecule has 1 unspecified atom stereocenters. The lowest BCUT2D eigenvalue weighted by Gasteiger charge is -2.14. The average Bonchev–Trinajstić information content (AvgIpc) is 2.83. The first kappa shape index (κ1) is 10.9. The van der Waals surface area contributed by atoms with Gasteiger partial charge in [-0.2, -0.15) is 0 Å². The molecule has 0 fully saturated rings. The zero-order valence-electron chi connectivity index (χ0n) is 10.1. The van der Waals surface area contributed by atoms with Gasteiger partial charge in [0.25, 0.3) is 0 Å². The summed E-state index contributed by atoms with van der Waals surface area (Å²) in [5, 5.41) is 2.24. The third-order valence-electron chi connectivity index (χ3n) is 3.21. The summed E-state index contributed by atoms with van der Waals surface area (Å²) in [6.45, 7) is 0. The molecule has 4 nitrogen and oxygen atoms in total. The highest BCUT2D eigenvalue weighted by Crippen LogP contribution is 2.25. The van der Waals surface area contributed by atoms with Crippen molar-refractivity contribution < 1.29 is 0 Å². The van der Waals surface area contributed by atoms with Crippen LogP contribution in [0.5, 0.6) is 0 Å². The molecule has 0 spiro atoms. The third-order valence-corrected chi connectivity index (χ3v) is 3.21. The standard InChI is InChI=1S/C14H14N4/c1-18-9-17-8-13(18)14(15)12-7-16-6-10-4-2-3-5-11(10)12/h2-9,14H,15H2,1H3. The molecule has 0 saturated heterocycles. The maximum absolute atomic E-state index is 6.33. The quantitative estimate of drug-likeness (QED) is 0.743. The molecule has 0 bridgehead atoms. The second-order valence-corrected chi connectivity index (χ2v) is 4.36. The summed E-state index contributed by atoms with van der Waals surface area (Å²) in [5.41, 5.74) is 8.33. The number of pyridine rings is 1. The van der Waals surface area contributed by atoms with E-state index in [9.17, 15) is 0 Å².